The van der Waals surface area contributed by atoms with Crippen molar-refractivity contribution in [1.82, 2.24) is 9.97 Å². The number of hydrogen-bond acceptors (Lipinski definition) is 3. The van der Waals surface area contributed by atoms with E-state index in [0.717, 1.165) is 5.56 Å². The average molecular weight is 363 g/mol. The third-order valence-electron chi connectivity index (χ3n) is 3.17. The van der Waals surface area contributed by atoms with Crippen molar-refractivity contribution in [3.63, 3.8) is 0 Å². The zero-order chi connectivity index (χ0) is 15.7. The summed E-state index contributed by atoms with van der Waals surface area (Å²) in [6.07, 6.45) is 0. The molecule has 1 heterocycles. The fraction of sp³-hybridized carbons (Fsp3) is 0.125. The summed E-state index contributed by atoms with van der Waals surface area (Å²) in [6.45, 7) is 1.63. The van der Waals surface area contributed by atoms with Crippen LogP contribution in [0, 0.1) is 12.7 Å². The van der Waals surface area contributed by atoms with E-state index in [9.17, 15) is 9.18 Å². The summed E-state index contributed by atoms with van der Waals surface area (Å²) in [6, 6.07) is 9.52. The molecule has 0 aliphatic heterocycles. The lowest BCUT2D eigenvalue weighted by atomic mass is 10.2. The van der Waals surface area contributed by atoms with Gasteiger partial charge in [-0.2, -0.15) is 0 Å². The van der Waals surface area contributed by atoms with Crippen molar-refractivity contribution >= 4 is 27.0 Å². The molecule has 1 aromatic heterocycles. The number of hydrogen-bond donors (Lipinski definition) is 1. The number of halogens is 2. The van der Waals surface area contributed by atoms with Gasteiger partial charge in [-0.1, -0.05) is 22.0 Å². The molecule has 112 valence electrons. The number of fused-ring (bicyclic) bond motifs is 1. The van der Waals surface area contributed by atoms with Crippen LogP contribution in [0.3, 0.4) is 0 Å². The average Bonchev–Trinajstić information content (AvgIpc) is 2.49. The summed E-state index contributed by atoms with van der Waals surface area (Å²) >= 11 is 3.38. The molecule has 4 nitrogen and oxygen atoms in total. The minimum atomic E-state index is -0.379. The Kier molecular flexibility index (Phi) is 3.94. The van der Waals surface area contributed by atoms with Gasteiger partial charge in [0.2, 0.25) is 0 Å². The van der Waals surface area contributed by atoms with E-state index in [0.29, 0.717) is 33.6 Å². The van der Waals surface area contributed by atoms with Crippen LogP contribution in [-0.4, -0.2) is 9.97 Å². The van der Waals surface area contributed by atoms with Crippen LogP contribution in [0.4, 0.5) is 4.39 Å². The Morgan fingerprint density at radius 3 is 2.86 bits per heavy atom. The molecule has 22 heavy (non-hydrogen) atoms. The molecule has 2 aromatic carbocycles. The molecule has 0 fully saturated rings. The highest BCUT2D eigenvalue weighted by molar-refractivity contribution is 9.08. The molecule has 0 atom stereocenters. The second-order valence-electron chi connectivity index (χ2n) is 4.83. The van der Waals surface area contributed by atoms with E-state index in [-0.39, 0.29) is 11.4 Å². The molecule has 0 aliphatic rings. The van der Waals surface area contributed by atoms with E-state index < -0.39 is 0 Å². The van der Waals surface area contributed by atoms with Crippen molar-refractivity contribution in [2.45, 2.75) is 12.3 Å². The summed E-state index contributed by atoms with van der Waals surface area (Å²) < 4.78 is 19.1. The third-order valence-corrected chi connectivity index (χ3v) is 3.82. The normalized spacial score (nSPS) is 10.9. The van der Waals surface area contributed by atoms with Gasteiger partial charge >= 0.3 is 0 Å². The Morgan fingerprint density at radius 2 is 2.14 bits per heavy atom. The van der Waals surface area contributed by atoms with Crippen molar-refractivity contribution in [3.8, 4) is 11.5 Å². The fourth-order valence-electron chi connectivity index (χ4n) is 2.12. The number of nitrogens with one attached hydrogen (secondary N) is 1. The number of aromatic amines is 1. The van der Waals surface area contributed by atoms with E-state index >= 15 is 0 Å². The molecule has 6 heteroatoms. The highest BCUT2D eigenvalue weighted by Crippen LogP contribution is 2.30. The van der Waals surface area contributed by atoms with Crippen molar-refractivity contribution in [2.24, 2.45) is 0 Å². The minimum absolute atomic E-state index is 0.240. The van der Waals surface area contributed by atoms with Gasteiger partial charge in [0.15, 0.2) is 5.75 Å². The first-order chi connectivity index (χ1) is 10.6. The lowest BCUT2D eigenvalue weighted by molar-refractivity contribution is 0.480. The highest BCUT2D eigenvalue weighted by Gasteiger charge is 2.11. The second kappa shape index (κ2) is 5.88. The first kappa shape index (κ1) is 14.7. The molecule has 0 radical (unpaired) electrons. The van der Waals surface area contributed by atoms with Crippen molar-refractivity contribution < 1.29 is 9.13 Å². The molecule has 3 rings (SSSR count). The zero-order valence-electron chi connectivity index (χ0n) is 11.7. The number of benzene rings is 2. The van der Waals surface area contributed by atoms with Gasteiger partial charge in [0.25, 0.3) is 5.56 Å². The van der Waals surface area contributed by atoms with Crippen LogP contribution < -0.4 is 10.3 Å². The number of nitrogens with zero attached hydrogens (tertiary/aromatic N) is 1. The fourth-order valence-corrected chi connectivity index (χ4v) is 2.44. The number of H-pyrrole nitrogens is 1. The van der Waals surface area contributed by atoms with Gasteiger partial charge in [-0.15, -0.1) is 0 Å². The Labute approximate surface area is 134 Å². The number of aromatic nitrogens is 2. The summed E-state index contributed by atoms with van der Waals surface area (Å²) in [5.74, 6) is 0.464. The molecule has 0 bridgehead atoms. The molecular weight excluding hydrogens is 351 g/mol. The number of ether oxygens (including phenoxy) is 1. The minimum Gasteiger partial charge on any atom is -0.455 e. The zero-order valence-corrected chi connectivity index (χ0v) is 13.3. The predicted molar refractivity (Wildman–Crippen MR) is 86.2 cm³/mol. The number of alkyl halides is 1. The first-order valence-electron chi connectivity index (χ1n) is 6.60. The molecule has 0 aliphatic carbocycles. The van der Waals surface area contributed by atoms with Gasteiger partial charge in [-0.25, -0.2) is 9.37 Å². The van der Waals surface area contributed by atoms with Crippen LogP contribution in [-0.2, 0) is 5.33 Å². The van der Waals surface area contributed by atoms with Gasteiger partial charge in [0.1, 0.15) is 22.8 Å². The van der Waals surface area contributed by atoms with Gasteiger partial charge in [-0.3, -0.25) is 4.79 Å². The summed E-state index contributed by atoms with van der Waals surface area (Å²) in [7, 11) is 0. The highest BCUT2D eigenvalue weighted by atomic mass is 79.9. The number of aryl methyl sites for hydroxylation is 1. The van der Waals surface area contributed by atoms with Crippen molar-refractivity contribution in [2.75, 3.05) is 0 Å². The van der Waals surface area contributed by atoms with E-state index in [4.69, 9.17) is 4.74 Å². The summed E-state index contributed by atoms with van der Waals surface area (Å²) in [4.78, 5) is 18.8. The quantitative estimate of drug-likeness (QED) is 0.714. The van der Waals surface area contributed by atoms with Crippen LogP contribution in [0.2, 0.25) is 0 Å². The van der Waals surface area contributed by atoms with Gasteiger partial charge in [0, 0.05) is 11.4 Å². The van der Waals surface area contributed by atoms with Crippen LogP contribution in [0.25, 0.3) is 11.0 Å². The second-order valence-corrected chi connectivity index (χ2v) is 5.40. The molecule has 0 saturated carbocycles. The number of rotatable bonds is 3. The third kappa shape index (κ3) is 2.87. The lowest BCUT2D eigenvalue weighted by Crippen LogP contribution is -2.12. The van der Waals surface area contributed by atoms with Crippen LogP contribution >= 0.6 is 15.9 Å². The van der Waals surface area contributed by atoms with E-state index in [1.165, 1.54) is 12.1 Å². The van der Waals surface area contributed by atoms with E-state index in [1.54, 1.807) is 19.1 Å². The maximum atomic E-state index is 13.3. The van der Waals surface area contributed by atoms with E-state index in [1.807, 2.05) is 12.1 Å². The molecule has 3 aromatic rings. The molecule has 0 saturated heterocycles. The molecule has 0 amide bonds. The summed E-state index contributed by atoms with van der Waals surface area (Å²) in [5.41, 5.74) is 2.14. The Morgan fingerprint density at radius 1 is 1.32 bits per heavy atom. The van der Waals surface area contributed by atoms with Crippen molar-refractivity contribution in [3.05, 3.63) is 63.8 Å². The topological polar surface area (TPSA) is 55.0 Å². The maximum Gasteiger partial charge on any atom is 0.269 e. The maximum absolute atomic E-state index is 13.3. The monoisotopic (exact) mass is 362 g/mol. The van der Waals surface area contributed by atoms with Crippen molar-refractivity contribution in [1.29, 1.82) is 0 Å². The van der Waals surface area contributed by atoms with Crippen LogP contribution in [0.5, 0.6) is 11.5 Å². The summed E-state index contributed by atoms with van der Waals surface area (Å²) in [5, 5.41) is 0.596. The first-order valence-corrected chi connectivity index (χ1v) is 7.72. The Hall–Kier alpha value is -2.21. The smallest absolute Gasteiger partial charge is 0.269 e. The Bertz CT molecular complexity index is 908. The molecular formula is C16H12BrFN2O2. The van der Waals surface area contributed by atoms with Crippen LogP contribution in [0.1, 0.15) is 11.3 Å². The predicted octanol–water partition coefficient (Wildman–Crippen LogP) is 4.06. The molecule has 1 N–H and O–H groups in total. The standard InChI is InChI=1S/C16H12BrFN2O2/c1-9-16(21)20-13-5-10(8-17)6-14(15(13)19-9)22-12-4-2-3-11(18)7-12/h2-7H,8H2,1H3,(H,20,21). The molecule has 0 spiro atoms. The SMILES string of the molecule is Cc1nc2c(Oc3cccc(F)c3)cc(CBr)cc2[nH]c1=O. The Balaban J connectivity index is 2.18. The largest absolute Gasteiger partial charge is 0.455 e. The van der Waals surface area contributed by atoms with E-state index in [2.05, 4.69) is 25.9 Å². The lowest BCUT2D eigenvalue weighted by Gasteiger charge is -2.10. The van der Waals surface area contributed by atoms with Crippen LogP contribution in [0.15, 0.2) is 41.2 Å². The van der Waals surface area contributed by atoms with Gasteiger partial charge in [0.05, 0.1) is 5.52 Å². The van der Waals surface area contributed by atoms with Gasteiger partial charge in [-0.05, 0) is 36.8 Å². The molecule has 0 unspecified atom stereocenters. The van der Waals surface area contributed by atoms with Gasteiger partial charge < -0.3 is 9.72 Å².